The van der Waals surface area contributed by atoms with E-state index in [0.717, 1.165) is 38.8 Å². The zero-order valence-electron chi connectivity index (χ0n) is 8.55. The lowest BCUT2D eigenvalue weighted by Gasteiger charge is -2.37. The van der Waals surface area contributed by atoms with Gasteiger partial charge < -0.3 is 10.0 Å². The van der Waals surface area contributed by atoms with Crippen LogP contribution in [0.5, 0.6) is 0 Å². The molecule has 76 valence electrons. The van der Waals surface area contributed by atoms with Crippen molar-refractivity contribution in [1.82, 2.24) is 4.90 Å². The van der Waals surface area contributed by atoms with E-state index in [1.807, 2.05) is 0 Å². The Morgan fingerprint density at radius 3 is 2.38 bits per heavy atom. The number of aliphatic carboxylic acids is 1. The Balaban J connectivity index is 2.63. The SMILES string of the molecule is CCCC1(C(=O)O)CCN(C)CC1. The van der Waals surface area contributed by atoms with Crippen LogP contribution in [0.15, 0.2) is 0 Å². The predicted molar refractivity (Wildman–Crippen MR) is 51.7 cm³/mol. The molecule has 0 aromatic carbocycles. The highest BCUT2D eigenvalue weighted by Crippen LogP contribution is 2.35. The molecule has 1 fully saturated rings. The zero-order chi connectivity index (χ0) is 9.90. The van der Waals surface area contributed by atoms with Crippen molar-refractivity contribution in [1.29, 1.82) is 0 Å². The lowest BCUT2D eigenvalue weighted by atomic mass is 9.75. The highest BCUT2D eigenvalue weighted by atomic mass is 16.4. The van der Waals surface area contributed by atoms with E-state index in [9.17, 15) is 9.90 Å². The van der Waals surface area contributed by atoms with E-state index in [2.05, 4.69) is 18.9 Å². The van der Waals surface area contributed by atoms with Crippen LogP contribution < -0.4 is 0 Å². The Hall–Kier alpha value is -0.570. The van der Waals surface area contributed by atoms with E-state index >= 15 is 0 Å². The van der Waals surface area contributed by atoms with Gasteiger partial charge in [0.05, 0.1) is 5.41 Å². The second kappa shape index (κ2) is 4.09. The summed E-state index contributed by atoms with van der Waals surface area (Å²) < 4.78 is 0. The minimum atomic E-state index is -0.595. The predicted octanol–water partition coefficient (Wildman–Crippen LogP) is 1.58. The van der Waals surface area contributed by atoms with Crippen molar-refractivity contribution in [2.24, 2.45) is 5.41 Å². The lowest BCUT2D eigenvalue weighted by Crippen LogP contribution is -2.42. The third-order valence-corrected chi connectivity index (χ3v) is 3.13. The minimum absolute atomic E-state index is 0.415. The molecule has 0 aromatic rings. The van der Waals surface area contributed by atoms with E-state index in [4.69, 9.17) is 0 Å². The molecule has 1 aliphatic rings. The second-order valence-corrected chi connectivity index (χ2v) is 4.14. The summed E-state index contributed by atoms with van der Waals surface area (Å²) >= 11 is 0. The number of hydrogen-bond acceptors (Lipinski definition) is 2. The average Bonchev–Trinajstić information content (AvgIpc) is 2.09. The Bertz CT molecular complexity index is 183. The Morgan fingerprint density at radius 1 is 1.46 bits per heavy atom. The first-order valence-electron chi connectivity index (χ1n) is 5.03. The van der Waals surface area contributed by atoms with Gasteiger partial charge in [-0.2, -0.15) is 0 Å². The molecular formula is C10H19NO2. The van der Waals surface area contributed by atoms with E-state index in [1.165, 1.54) is 0 Å². The molecule has 1 heterocycles. The maximum atomic E-state index is 11.2. The first-order valence-corrected chi connectivity index (χ1v) is 5.03. The second-order valence-electron chi connectivity index (χ2n) is 4.14. The number of carboxylic acid groups (broad SMARTS) is 1. The molecule has 3 heteroatoms. The number of carboxylic acids is 1. The molecule has 0 aromatic heterocycles. The summed E-state index contributed by atoms with van der Waals surface area (Å²) in [5.41, 5.74) is -0.415. The van der Waals surface area contributed by atoms with Crippen LogP contribution >= 0.6 is 0 Å². The molecular weight excluding hydrogens is 166 g/mol. The van der Waals surface area contributed by atoms with Gasteiger partial charge in [0, 0.05) is 0 Å². The standard InChI is InChI=1S/C10H19NO2/c1-3-4-10(9(12)13)5-7-11(2)8-6-10/h3-8H2,1-2H3,(H,12,13). The minimum Gasteiger partial charge on any atom is -0.481 e. The van der Waals surface area contributed by atoms with Crippen LogP contribution in [-0.2, 0) is 4.79 Å². The fraction of sp³-hybridized carbons (Fsp3) is 0.900. The van der Waals surface area contributed by atoms with E-state index in [1.54, 1.807) is 0 Å². The molecule has 13 heavy (non-hydrogen) atoms. The molecule has 0 radical (unpaired) electrons. The van der Waals surface area contributed by atoms with Crippen LogP contribution in [0.4, 0.5) is 0 Å². The summed E-state index contributed by atoms with van der Waals surface area (Å²) in [5, 5.41) is 9.19. The molecule has 1 saturated heterocycles. The molecule has 1 N–H and O–H groups in total. The van der Waals surface area contributed by atoms with Crippen LogP contribution in [0, 0.1) is 5.41 Å². The monoisotopic (exact) mass is 185 g/mol. The fourth-order valence-electron chi connectivity index (χ4n) is 2.10. The number of nitrogens with zero attached hydrogens (tertiary/aromatic N) is 1. The topological polar surface area (TPSA) is 40.5 Å². The van der Waals surface area contributed by atoms with E-state index in [-0.39, 0.29) is 0 Å². The number of hydrogen-bond donors (Lipinski definition) is 1. The number of carbonyl (C=O) groups is 1. The summed E-state index contributed by atoms with van der Waals surface area (Å²) in [6.07, 6.45) is 3.42. The fourth-order valence-corrected chi connectivity index (χ4v) is 2.10. The first-order chi connectivity index (χ1) is 6.10. The highest BCUT2D eigenvalue weighted by Gasteiger charge is 2.39. The van der Waals surface area contributed by atoms with Gasteiger partial charge in [-0.25, -0.2) is 0 Å². The zero-order valence-corrected chi connectivity index (χ0v) is 8.55. The van der Waals surface area contributed by atoms with Crippen LogP contribution in [0.3, 0.4) is 0 Å². The molecule has 1 rings (SSSR count). The summed E-state index contributed by atoms with van der Waals surface area (Å²) in [6.45, 7) is 3.90. The van der Waals surface area contributed by atoms with Gasteiger partial charge in [-0.15, -0.1) is 0 Å². The van der Waals surface area contributed by atoms with Crippen molar-refractivity contribution in [2.75, 3.05) is 20.1 Å². The first kappa shape index (κ1) is 10.5. The third kappa shape index (κ3) is 2.21. The Kier molecular flexibility index (Phi) is 3.31. The van der Waals surface area contributed by atoms with Crippen LogP contribution in [0.2, 0.25) is 0 Å². The maximum Gasteiger partial charge on any atom is 0.309 e. The van der Waals surface area contributed by atoms with Gasteiger partial charge in [-0.3, -0.25) is 4.79 Å². The van der Waals surface area contributed by atoms with Gasteiger partial charge in [0.15, 0.2) is 0 Å². The van der Waals surface area contributed by atoms with Crippen molar-refractivity contribution in [3.8, 4) is 0 Å². The van der Waals surface area contributed by atoms with Gasteiger partial charge in [0.1, 0.15) is 0 Å². The molecule has 3 nitrogen and oxygen atoms in total. The van der Waals surface area contributed by atoms with Gasteiger partial charge in [-0.1, -0.05) is 13.3 Å². The molecule has 0 spiro atoms. The van der Waals surface area contributed by atoms with Gasteiger partial charge >= 0.3 is 5.97 Å². The molecule has 0 bridgehead atoms. The summed E-state index contributed by atoms with van der Waals surface area (Å²) in [6, 6.07) is 0. The molecule has 0 amide bonds. The maximum absolute atomic E-state index is 11.2. The summed E-state index contributed by atoms with van der Waals surface area (Å²) in [5.74, 6) is -0.595. The van der Waals surface area contributed by atoms with Crippen LogP contribution in [0.25, 0.3) is 0 Å². The Labute approximate surface area is 79.7 Å². The largest absolute Gasteiger partial charge is 0.481 e. The molecule has 0 saturated carbocycles. The quantitative estimate of drug-likeness (QED) is 0.725. The Morgan fingerprint density at radius 2 is 2.00 bits per heavy atom. The highest BCUT2D eigenvalue weighted by molar-refractivity contribution is 5.74. The normalized spacial score (nSPS) is 22.9. The van der Waals surface area contributed by atoms with Crippen molar-refractivity contribution in [3.05, 3.63) is 0 Å². The summed E-state index contributed by atoms with van der Waals surface area (Å²) in [4.78, 5) is 13.4. The lowest BCUT2D eigenvalue weighted by molar-refractivity contribution is -0.152. The number of likely N-dealkylation sites (tertiary alicyclic amines) is 1. The average molecular weight is 185 g/mol. The third-order valence-electron chi connectivity index (χ3n) is 3.13. The smallest absolute Gasteiger partial charge is 0.309 e. The number of rotatable bonds is 3. The van der Waals surface area contributed by atoms with Gasteiger partial charge in [-0.05, 0) is 39.4 Å². The van der Waals surface area contributed by atoms with E-state index in [0.29, 0.717) is 0 Å². The molecule has 0 aliphatic carbocycles. The molecule has 0 unspecified atom stereocenters. The van der Waals surface area contributed by atoms with Gasteiger partial charge in [0.25, 0.3) is 0 Å². The molecule has 0 atom stereocenters. The molecule has 1 aliphatic heterocycles. The van der Waals surface area contributed by atoms with Crippen LogP contribution in [-0.4, -0.2) is 36.1 Å². The van der Waals surface area contributed by atoms with Crippen molar-refractivity contribution in [3.63, 3.8) is 0 Å². The van der Waals surface area contributed by atoms with Crippen molar-refractivity contribution >= 4 is 5.97 Å². The summed E-state index contributed by atoms with van der Waals surface area (Å²) in [7, 11) is 2.05. The van der Waals surface area contributed by atoms with Crippen LogP contribution in [0.1, 0.15) is 32.6 Å². The van der Waals surface area contributed by atoms with Crippen molar-refractivity contribution < 1.29 is 9.90 Å². The number of piperidine rings is 1. The van der Waals surface area contributed by atoms with Gasteiger partial charge in [0.2, 0.25) is 0 Å². The van der Waals surface area contributed by atoms with Crippen molar-refractivity contribution in [2.45, 2.75) is 32.6 Å². The van der Waals surface area contributed by atoms with E-state index < -0.39 is 11.4 Å².